The number of ether oxygens (including phenoxy) is 1. The van der Waals surface area contributed by atoms with E-state index in [0.29, 0.717) is 5.92 Å². The van der Waals surface area contributed by atoms with E-state index < -0.39 is 0 Å². The highest BCUT2D eigenvalue weighted by atomic mass is 79.9. The van der Waals surface area contributed by atoms with E-state index in [9.17, 15) is 0 Å². The summed E-state index contributed by atoms with van der Waals surface area (Å²) in [5.74, 6) is 2.56. The zero-order chi connectivity index (χ0) is 14.8. The molecule has 1 saturated heterocycles. The predicted octanol–water partition coefficient (Wildman–Crippen LogP) is 3.40. The van der Waals surface area contributed by atoms with Gasteiger partial charge in [-0.25, -0.2) is 9.97 Å². The minimum Gasteiger partial charge on any atom is -0.381 e. The van der Waals surface area contributed by atoms with Crippen molar-refractivity contribution in [1.29, 1.82) is 0 Å². The van der Waals surface area contributed by atoms with Gasteiger partial charge in [-0.15, -0.1) is 0 Å². The first-order valence-electron chi connectivity index (χ1n) is 7.20. The largest absolute Gasteiger partial charge is 0.381 e. The topological polar surface area (TPSA) is 38.2 Å². The van der Waals surface area contributed by atoms with Gasteiger partial charge in [0.15, 0.2) is 0 Å². The number of halogens is 1. The summed E-state index contributed by atoms with van der Waals surface area (Å²) in [6.45, 7) is 9.21. The molecule has 1 aliphatic rings. The molecule has 0 aliphatic carbocycles. The maximum absolute atomic E-state index is 5.42. The van der Waals surface area contributed by atoms with Gasteiger partial charge in [0.1, 0.15) is 16.2 Å². The Hall–Kier alpha value is -0.680. The molecule has 0 N–H and O–H groups in total. The van der Waals surface area contributed by atoms with E-state index in [1.165, 1.54) is 0 Å². The Labute approximate surface area is 130 Å². The number of hydrogen-bond donors (Lipinski definition) is 0. The second-order valence-corrected chi connectivity index (χ2v) is 7.37. The lowest BCUT2D eigenvalue weighted by Crippen LogP contribution is -2.30. The maximum Gasteiger partial charge on any atom is 0.137 e. The van der Waals surface area contributed by atoms with Crippen LogP contribution in [0.3, 0.4) is 0 Å². The van der Waals surface area contributed by atoms with Crippen LogP contribution in [0.1, 0.15) is 39.4 Å². The number of aromatic nitrogens is 2. The molecule has 0 spiro atoms. The molecule has 0 amide bonds. The summed E-state index contributed by atoms with van der Waals surface area (Å²) in [6, 6.07) is 1.99. The van der Waals surface area contributed by atoms with Crippen molar-refractivity contribution in [1.82, 2.24) is 9.97 Å². The van der Waals surface area contributed by atoms with Gasteiger partial charge in [0.2, 0.25) is 0 Å². The van der Waals surface area contributed by atoms with E-state index in [0.717, 1.165) is 48.8 Å². The fourth-order valence-electron chi connectivity index (χ4n) is 2.35. The molecule has 1 fully saturated rings. The Morgan fingerprint density at radius 1 is 1.30 bits per heavy atom. The molecule has 0 atom stereocenters. The number of nitrogens with zero attached hydrogens (tertiary/aromatic N) is 3. The third kappa shape index (κ3) is 4.16. The molecule has 1 aromatic heterocycles. The van der Waals surface area contributed by atoms with Gasteiger partial charge in [0, 0.05) is 38.3 Å². The zero-order valence-corrected chi connectivity index (χ0v) is 14.4. The number of hydrogen-bond acceptors (Lipinski definition) is 4. The first kappa shape index (κ1) is 15.7. The van der Waals surface area contributed by atoms with Crippen molar-refractivity contribution < 1.29 is 4.74 Å². The first-order chi connectivity index (χ1) is 9.36. The van der Waals surface area contributed by atoms with Crippen LogP contribution in [0.2, 0.25) is 0 Å². The van der Waals surface area contributed by atoms with Crippen LogP contribution >= 0.6 is 15.9 Å². The van der Waals surface area contributed by atoms with Gasteiger partial charge in [-0.2, -0.15) is 0 Å². The SMILES string of the molecule is CN(CC1CCOCC1)c1cc(Br)nc(C(C)(C)C)n1. The zero-order valence-electron chi connectivity index (χ0n) is 12.8. The second kappa shape index (κ2) is 6.39. The lowest BCUT2D eigenvalue weighted by Gasteiger charge is -2.28. The van der Waals surface area contributed by atoms with Gasteiger partial charge in [-0.1, -0.05) is 20.8 Å². The van der Waals surface area contributed by atoms with E-state index in [2.05, 4.69) is 53.6 Å². The highest BCUT2D eigenvalue weighted by Crippen LogP contribution is 2.25. The predicted molar refractivity (Wildman–Crippen MR) is 85.2 cm³/mol. The van der Waals surface area contributed by atoms with Crippen LogP contribution in [0.15, 0.2) is 10.7 Å². The van der Waals surface area contributed by atoms with Crippen molar-refractivity contribution in [3.05, 3.63) is 16.5 Å². The Kier molecular flexibility index (Phi) is 5.02. The highest BCUT2D eigenvalue weighted by Gasteiger charge is 2.21. The van der Waals surface area contributed by atoms with E-state index in [1.54, 1.807) is 0 Å². The van der Waals surface area contributed by atoms with Crippen molar-refractivity contribution >= 4 is 21.7 Å². The summed E-state index contributed by atoms with van der Waals surface area (Å²) >= 11 is 3.50. The smallest absolute Gasteiger partial charge is 0.137 e. The average Bonchev–Trinajstić information content (AvgIpc) is 2.38. The van der Waals surface area contributed by atoms with Gasteiger partial charge in [-0.3, -0.25) is 0 Å². The fraction of sp³-hybridized carbons (Fsp3) is 0.733. The van der Waals surface area contributed by atoms with Crippen molar-refractivity contribution in [2.75, 3.05) is 31.7 Å². The lowest BCUT2D eigenvalue weighted by molar-refractivity contribution is 0.0685. The molecule has 0 radical (unpaired) electrons. The van der Waals surface area contributed by atoms with Crippen molar-refractivity contribution in [3.8, 4) is 0 Å². The molecular formula is C15H24BrN3O. The Bertz CT molecular complexity index is 453. The molecule has 2 heterocycles. The summed E-state index contributed by atoms with van der Waals surface area (Å²) in [5, 5.41) is 0. The molecule has 5 heteroatoms. The van der Waals surface area contributed by atoms with E-state index in [-0.39, 0.29) is 5.41 Å². The van der Waals surface area contributed by atoms with Gasteiger partial charge in [0.05, 0.1) is 0 Å². The van der Waals surface area contributed by atoms with E-state index >= 15 is 0 Å². The lowest BCUT2D eigenvalue weighted by atomic mass is 9.96. The van der Waals surface area contributed by atoms with Gasteiger partial charge in [-0.05, 0) is 34.7 Å². The Morgan fingerprint density at radius 2 is 1.95 bits per heavy atom. The van der Waals surface area contributed by atoms with Crippen LogP contribution in [0.5, 0.6) is 0 Å². The third-order valence-electron chi connectivity index (χ3n) is 3.62. The molecule has 112 valence electrons. The minimum absolute atomic E-state index is 0.0436. The van der Waals surface area contributed by atoms with Crippen LogP contribution in [-0.2, 0) is 10.2 Å². The molecule has 0 aromatic carbocycles. The number of anilines is 1. The molecule has 1 aromatic rings. The molecule has 2 rings (SSSR count). The van der Waals surface area contributed by atoms with Crippen LogP contribution in [-0.4, -0.2) is 36.8 Å². The van der Waals surface area contributed by atoms with Crippen molar-refractivity contribution in [2.45, 2.75) is 39.0 Å². The van der Waals surface area contributed by atoms with Crippen molar-refractivity contribution in [2.24, 2.45) is 5.92 Å². The molecule has 0 unspecified atom stereocenters. The Morgan fingerprint density at radius 3 is 2.55 bits per heavy atom. The summed E-state index contributed by atoms with van der Waals surface area (Å²) in [4.78, 5) is 11.5. The van der Waals surface area contributed by atoms with E-state index in [1.807, 2.05) is 6.07 Å². The normalized spacial score (nSPS) is 17.2. The molecule has 20 heavy (non-hydrogen) atoms. The van der Waals surface area contributed by atoms with Crippen LogP contribution in [0.25, 0.3) is 0 Å². The van der Waals surface area contributed by atoms with Gasteiger partial charge < -0.3 is 9.64 Å². The quantitative estimate of drug-likeness (QED) is 0.789. The van der Waals surface area contributed by atoms with Gasteiger partial charge >= 0.3 is 0 Å². The monoisotopic (exact) mass is 341 g/mol. The minimum atomic E-state index is -0.0436. The highest BCUT2D eigenvalue weighted by molar-refractivity contribution is 9.10. The van der Waals surface area contributed by atoms with E-state index in [4.69, 9.17) is 9.72 Å². The molecule has 1 aliphatic heterocycles. The first-order valence-corrected chi connectivity index (χ1v) is 7.99. The fourth-order valence-corrected chi connectivity index (χ4v) is 2.72. The second-order valence-electron chi connectivity index (χ2n) is 6.56. The molecular weight excluding hydrogens is 318 g/mol. The maximum atomic E-state index is 5.42. The molecule has 0 bridgehead atoms. The number of rotatable bonds is 3. The third-order valence-corrected chi connectivity index (χ3v) is 4.02. The summed E-state index contributed by atoms with van der Waals surface area (Å²) < 4.78 is 6.27. The Balaban J connectivity index is 2.12. The van der Waals surface area contributed by atoms with Crippen molar-refractivity contribution in [3.63, 3.8) is 0 Å². The van der Waals surface area contributed by atoms with Gasteiger partial charge in [0.25, 0.3) is 0 Å². The average molecular weight is 342 g/mol. The molecule has 4 nitrogen and oxygen atoms in total. The van der Waals surface area contributed by atoms with Crippen LogP contribution in [0.4, 0.5) is 5.82 Å². The standard InChI is InChI=1S/C15H24BrN3O/c1-15(2,3)14-17-12(16)9-13(18-14)19(4)10-11-5-7-20-8-6-11/h9,11H,5-8,10H2,1-4H3. The van der Waals surface area contributed by atoms with Crippen LogP contribution in [0, 0.1) is 5.92 Å². The molecule has 0 saturated carbocycles. The summed E-state index contributed by atoms with van der Waals surface area (Å²) in [7, 11) is 2.11. The van der Waals surface area contributed by atoms with Crippen LogP contribution < -0.4 is 4.90 Å². The summed E-state index contributed by atoms with van der Waals surface area (Å²) in [6.07, 6.45) is 2.28. The summed E-state index contributed by atoms with van der Waals surface area (Å²) in [5.41, 5.74) is -0.0436.